The van der Waals surface area contributed by atoms with Gasteiger partial charge in [0, 0.05) is 49.1 Å². The van der Waals surface area contributed by atoms with E-state index in [0.29, 0.717) is 19.5 Å². The fourth-order valence-electron chi connectivity index (χ4n) is 7.00. The molecule has 0 radical (unpaired) electrons. The summed E-state index contributed by atoms with van der Waals surface area (Å²) in [6.07, 6.45) is -3.04. The number of nitrogens with one attached hydrogen (secondary N) is 1. The molecule has 2 aromatic carbocycles. The Morgan fingerprint density at radius 2 is 2.07 bits per heavy atom. The first-order valence-electron chi connectivity index (χ1n) is 14.4. The molecular weight excluding hydrogens is 625 g/mol. The second kappa shape index (κ2) is 10.8. The van der Waals surface area contributed by atoms with E-state index in [9.17, 15) is 22.0 Å². The van der Waals surface area contributed by atoms with E-state index >= 15 is 0 Å². The first-order chi connectivity index (χ1) is 20.9. The van der Waals surface area contributed by atoms with Crippen molar-refractivity contribution < 1.29 is 26.7 Å². The number of fused-ring (bicyclic) bond motifs is 3. The van der Waals surface area contributed by atoms with Crippen LogP contribution in [0.5, 0.6) is 6.01 Å². The van der Waals surface area contributed by atoms with Crippen molar-refractivity contribution in [3.05, 3.63) is 34.6 Å². The molecule has 15 heteroatoms. The van der Waals surface area contributed by atoms with Gasteiger partial charge in [-0.25, -0.2) is 13.8 Å². The average molecular weight is 654 g/mol. The van der Waals surface area contributed by atoms with Gasteiger partial charge in [-0.2, -0.15) is 23.1 Å². The monoisotopic (exact) mass is 653 g/mol. The minimum Gasteiger partial charge on any atom is -0.461 e. The van der Waals surface area contributed by atoms with Gasteiger partial charge in [0.15, 0.2) is 5.13 Å². The molecule has 8 nitrogen and oxygen atoms in total. The van der Waals surface area contributed by atoms with Crippen molar-refractivity contribution in [1.82, 2.24) is 25.2 Å². The zero-order valence-corrected chi connectivity index (χ0v) is 25.2. The lowest BCUT2D eigenvalue weighted by Crippen LogP contribution is -2.43. The number of hydrogen-bond donors (Lipinski definition) is 2. The van der Waals surface area contributed by atoms with Crippen LogP contribution >= 0.6 is 22.9 Å². The smallest absolute Gasteiger partial charge is 0.417 e. The largest absolute Gasteiger partial charge is 0.461 e. The van der Waals surface area contributed by atoms with Crippen LogP contribution < -0.4 is 20.7 Å². The molecule has 7 rings (SSSR count). The van der Waals surface area contributed by atoms with Crippen molar-refractivity contribution in [2.45, 2.75) is 49.6 Å². The number of alkyl halides is 4. The molecule has 3 saturated heterocycles. The third-order valence-electron chi connectivity index (χ3n) is 9.12. The van der Waals surface area contributed by atoms with Gasteiger partial charge in [-0.05, 0) is 50.6 Å². The molecule has 3 N–H and O–H groups in total. The van der Waals surface area contributed by atoms with Gasteiger partial charge in [0.1, 0.15) is 24.4 Å². The van der Waals surface area contributed by atoms with Gasteiger partial charge in [0.05, 0.1) is 31.9 Å². The number of halogens is 6. The SMILES string of the molecule is CN(c1nc(OC[C@@]23CCCN2C[C@H](F)C3)nc2c(Cl)c(-c3ccc(F)c4sc(N)nc34)c(C(F)(F)F)cc12)[C@@H]1CCNC1. The maximum Gasteiger partial charge on any atom is 0.417 e. The highest BCUT2D eigenvalue weighted by atomic mass is 35.5. The third kappa shape index (κ3) is 4.90. The number of anilines is 2. The summed E-state index contributed by atoms with van der Waals surface area (Å²) in [6, 6.07) is 3.17. The van der Waals surface area contributed by atoms with Crippen molar-refractivity contribution in [1.29, 1.82) is 0 Å². The van der Waals surface area contributed by atoms with E-state index in [1.807, 2.05) is 4.90 Å². The second-order valence-corrected chi connectivity index (χ2v) is 13.2. The van der Waals surface area contributed by atoms with Gasteiger partial charge in [0.25, 0.3) is 0 Å². The Morgan fingerprint density at radius 3 is 2.82 bits per heavy atom. The molecule has 3 fully saturated rings. The third-order valence-corrected chi connectivity index (χ3v) is 10.4. The normalized spacial score (nSPS) is 24.1. The fourth-order valence-corrected chi connectivity index (χ4v) is 8.11. The number of nitrogens with two attached hydrogens (primary N) is 1. The molecule has 0 aliphatic carbocycles. The number of nitrogen functional groups attached to an aromatic ring is 1. The van der Waals surface area contributed by atoms with Crippen molar-refractivity contribution >= 4 is 55.0 Å². The molecule has 44 heavy (non-hydrogen) atoms. The summed E-state index contributed by atoms with van der Waals surface area (Å²) in [7, 11) is 1.77. The lowest BCUT2D eigenvalue weighted by molar-refractivity contribution is -0.137. The molecule has 2 aromatic heterocycles. The maximum absolute atomic E-state index is 14.8. The number of hydrogen-bond acceptors (Lipinski definition) is 9. The van der Waals surface area contributed by atoms with Gasteiger partial charge < -0.3 is 20.7 Å². The van der Waals surface area contributed by atoms with Gasteiger partial charge in [-0.3, -0.25) is 4.90 Å². The predicted octanol–water partition coefficient (Wildman–Crippen LogP) is 6.05. The van der Waals surface area contributed by atoms with Gasteiger partial charge >= 0.3 is 12.2 Å². The molecule has 3 aliphatic rings. The zero-order chi connectivity index (χ0) is 31.0. The van der Waals surface area contributed by atoms with Crippen LogP contribution in [0.3, 0.4) is 0 Å². The molecule has 3 atom stereocenters. The molecular formula is C29H29ClF5N7OS. The van der Waals surface area contributed by atoms with E-state index in [2.05, 4.69) is 25.2 Å². The van der Waals surface area contributed by atoms with Crippen molar-refractivity contribution in [3.8, 4) is 17.1 Å². The number of aromatic nitrogens is 3. The molecule has 0 spiro atoms. The van der Waals surface area contributed by atoms with Crippen LogP contribution in [0.25, 0.3) is 32.2 Å². The fraction of sp³-hybridized carbons (Fsp3) is 0.483. The van der Waals surface area contributed by atoms with Crippen LogP contribution in [-0.2, 0) is 6.18 Å². The first kappa shape index (κ1) is 29.6. The summed E-state index contributed by atoms with van der Waals surface area (Å²) in [5.41, 5.74) is 3.92. The molecule has 0 unspecified atom stereocenters. The van der Waals surface area contributed by atoms with E-state index in [0.717, 1.165) is 55.8 Å². The topological polar surface area (TPSA) is 92.4 Å². The Morgan fingerprint density at radius 1 is 1.25 bits per heavy atom. The summed E-state index contributed by atoms with van der Waals surface area (Å²) in [5, 5.41) is 3.07. The summed E-state index contributed by atoms with van der Waals surface area (Å²) < 4.78 is 79.6. The molecule has 0 bridgehead atoms. The number of likely N-dealkylation sites (N-methyl/N-ethyl adjacent to an activating group) is 1. The summed E-state index contributed by atoms with van der Waals surface area (Å²) >= 11 is 7.73. The number of thiazole rings is 1. The number of nitrogens with zero attached hydrogens (tertiary/aromatic N) is 5. The summed E-state index contributed by atoms with van der Waals surface area (Å²) in [4.78, 5) is 17.2. The van der Waals surface area contributed by atoms with Crippen LogP contribution in [0.2, 0.25) is 5.02 Å². The lowest BCUT2D eigenvalue weighted by Gasteiger charge is -2.31. The highest BCUT2D eigenvalue weighted by Gasteiger charge is 2.49. The molecule has 4 aromatic rings. The highest BCUT2D eigenvalue weighted by Crippen LogP contribution is 2.48. The van der Waals surface area contributed by atoms with E-state index in [1.165, 1.54) is 6.07 Å². The quantitative estimate of drug-likeness (QED) is 0.243. The van der Waals surface area contributed by atoms with Crippen LogP contribution in [0.1, 0.15) is 31.2 Å². The Labute approximate surface area is 258 Å². The standard InChI is InChI=1S/C29H29ClF5N7OS/c1-41(15-5-7-37-11-15)25-17-9-18(29(33,34)35)20(16-3-4-19(32)24-23(16)38-26(36)44-24)21(30)22(17)39-27(40-25)43-13-28-6-2-8-42(28)12-14(31)10-28/h3-4,9,14-15,37H,2,5-8,10-13H2,1H3,(H2,36,38)/t14-,15-,28+/m1/s1. The molecule has 234 valence electrons. The van der Waals surface area contributed by atoms with E-state index in [1.54, 1.807) is 7.05 Å². The van der Waals surface area contributed by atoms with Crippen LogP contribution in [0.4, 0.5) is 32.9 Å². The molecule has 5 heterocycles. The Hall–Kier alpha value is -3.07. The average Bonchev–Trinajstić information content (AvgIpc) is 3.76. The molecule has 0 saturated carbocycles. The minimum atomic E-state index is -4.84. The number of ether oxygens (including phenoxy) is 1. The predicted molar refractivity (Wildman–Crippen MR) is 161 cm³/mol. The minimum absolute atomic E-state index is 0.00618. The molecule has 0 amide bonds. The van der Waals surface area contributed by atoms with Crippen molar-refractivity contribution in [3.63, 3.8) is 0 Å². The Bertz CT molecular complexity index is 1760. The van der Waals surface area contributed by atoms with E-state index in [4.69, 9.17) is 22.1 Å². The highest BCUT2D eigenvalue weighted by molar-refractivity contribution is 7.22. The lowest BCUT2D eigenvalue weighted by atomic mass is 9.95. The Balaban J connectivity index is 1.43. The van der Waals surface area contributed by atoms with E-state index in [-0.39, 0.29) is 66.9 Å². The van der Waals surface area contributed by atoms with Gasteiger partial charge in [0.2, 0.25) is 0 Å². The number of benzene rings is 2. The number of rotatable bonds is 6. The van der Waals surface area contributed by atoms with E-state index < -0.39 is 29.3 Å². The zero-order valence-electron chi connectivity index (χ0n) is 23.6. The van der Waals surface area contributed by atoms with Crippen LogP contribution in [0.15, 0.2) is 18.2 Å². The van der Waals surface area contributed by atoms with Crippen molar-refractivity contribution in [2.24, 2.45) is 0 Å². The van der Waals surface area contributed by atoms with Gasteiger partial charge in [-0.15, -0.1) is 0 Å². The second-order valence-electron chi connectivity index (χ2n) is 11.8. The summed E-state index contributed by atoms with van der Waals surface area (Å²) in [5.74, 6) is -0.423. The van der Waals surface area contributed by atoms with Crippen LogP contribution in [0, 0.1) is 5.82 Å². The molecule has 3 aliphatic heterocycles. The Kier molecular flexibility index (Phi) is 7.26. The van der Waals surface area contributed by atoms with Crippen molar-refractivity contribution in [2.75, 3.05) is 50.5 Å². The van der Waals surface area contributed by atoms with Gasteiger partial charge in [-0.1, -0.05) is 22.9 Å². The maximum atomic E-state index is 14.8. The summed E-state index contributed by atoms with van der Waals surface area (Å²) in [6.45, 7) is 2.61. The van der Waals surface area contributed by atoms with Crippen LogP contribution in [-0.4, -0.2) is 77.4 Å². The first-order valence-corrected chi connectivity index (χ1v) is 15.6.